The number of rotatable bonds is 10. The van der Waals surface area contributed by atoms with Gasteiger partial charge in [-0.3, -0.25) is 9.98 Å². The maximum absolute atomic E-state index is 10.6. The molecule has 0 fully saturated rings. The predicted molar refractivity (Wildman–Crippen MR) is 300 cm³/mol. The van der Waals surface area contributed by atoms with Crippen LogP contribution in [0.1, 0.15) is 123 Å². The first-order valence-corrected chi connectivity index (χ1v) is 30.3. The first-order valence-electron chi connectivity index (χ1n) is 24.0. The Kier molecular flexibility index (Phi) is 19.2. The number of hydrogen-bond donors (Lipinski definition) is 2. The van der Waals surface area contributed by atoms with Gasteiger partial charge in [-0.1, -0.05) is 167 Å². The van der Waals surface area contributed by atoms with Crippen LogP contribution < -0.4 is 0 Å². The molecule has 0 saturated carbocycles. The van der Waals surface area contributed by atoms with Gasteiger partial charge in [-0.15, -0.1) is 0 Å². The van der Waals surface area contributed by atoms with E-state index in [0.29, 0.717) is 0 Å². The van der Waals surface area contributed by atoms with Crippen LogP contribution in [0.3, 0.4) is 0 Å². The molecule has 0 aliphatic heterocycles. The van der Waals surface area contributed by atoms with Gasteiger partial charge in [0.25, 0.3) is 0 Å². The molecule has 0 bridgehead atoms. The van der Waals surface area contributed by atoms with Crippen LogP contribution in [-0.4, -0.2) is 22.6 Å². The summed E-state index contributed by atoms with van der Waals surface area (Å²) in [6.07, 6.45) is 3.61. The number of hydrogen-bond acceptors (Lipinski definition) is 4. The summed E-state index contributed by atoms with van der Waals surface area (Å²) in [5.74, 6) is 0.683. The van der Waals surface area contributed by atoms with Crippen LogP contribution >= 0.6 is 17.0 Å². The predicted octanol–water partition coefficient (Wildman–Crippen LogP) is 17.7. The van der Waals surface area contributed by atoms with Gasteiger partial charge in [-0.05, 0) is 162 Å². The standard InChI is InChI=1S/2C32H33NO.2ClH.Zr/c2*1-20-7-11-26(12-8-20)30(27-13-9-21(2)10-14-27)29-18-23(4)15-24(5)31(29)33-19-28-17-22(3)16-25(6)32(28)34;;;/h2*7-19,30,34H,1-6H3;2*1H;/q;;;;+2/p-2. The van der Waals surface area contributed by atoms with Crippen LogP contribution in [0.4, 0.5) is 11.4 Å². The Morgan fingerprint density at radius 2 is 0.592 bits per heavy atom. The Bertz CT molecular complexity index is 2850. The Labute approximate surface area is 441 Å². The van der Waals surface area contributed by atoms with E-state index in [0.717, 1.165) is 55.9 Å². The number of nitrogens with zero attached hydrogens (tertiary/aromatic N) is 2. The van der Waals surface area contributed by atoms with E-state index < -0.39 is 20.8 Å². The van der Waals surface area contributed by atoms with Crippen molar-refractivity contribution in [3.63, 3.8) is 0 Å². The van der Waals surface area contributed by atoms with Crippen LogP contribution in [0, 0.1) is 83.1 Å². The maximum atomic E-state index is 10.6. The van der Waals surface area contributed by atoms with Gasteiger partial charge in [-0.2, -0.15) is 0 Å². The van der Waals surface area contributed by atoms with Crippen molar-refractivity contribution in [3.8, 4) is 11.5 Å². The molecule has 4 nitrogen and oxygen atoms in total. The molecule has 2 N–H and O–H groups in total. The fourth-order valence-corrected chi connectivity index (χ4v) is 9.37. The summed E-state index contributed by atoms with van der Waals surface area (Å²) in [4.78, 5) is 9.96. The summed E-state index contributed by atoms with van der Waals surface area (Å²) in [5.41, 5.74) is 24.3. The van der Waals surface area contributed by atoms with Crippen LogP contribution in [-0.2, 0) is 20.8 Å². The molecule has 71 heavy (non-hydrogen) atoms. The summed E-state index contributed by atoms with van der Waals surface area (Å²) in [7, 11) is 9.87. The van der Waals surface area contributed by atoms with E-state index in [1.165, 1.54) is 66.8 Å². The first kappa shape index (κ1) is 54.5. The van der Waals surface area contributed by atoms with Gasteiger partial charge < -0.3 is 10.2 Å². The molecule has 0 amide bonds. The van der Waals surface area contributed by atoms with Crippen LogP contribution in [0.25, 0.3) is 0 Å². The number of benzene rings is 8. The molecule has 7 heteroatoms. The van der Waals surface area contributed by atoms with E-state index in [4.69, 9.17) is 27.0 Å². The fourth-order valence-electron chi connectivity index (χ4n) is 9.37. The van der Waals surface area contributed by atoms with E-state index in [1.807, 2.05) is 52.0 Å². The molecule has 8 aromatic carbocycles. The number of aliphatic imine (C=N–C) groups is 2. The molecule has 362 valence electrons. The molecule has 0 saturated heterocycles. The van der Waals surface area contributed by atoms with Gasteiger partial charge in [-0.25, -0.2) is 0 Å². The Hall–Kier alpha value is -5.84. The SMILES string of the molecule is Cc1ccc(C(c2ccc(C)cc2)c2cc(C)cc(C)c2N=Cc2cc(C)cc(C)c2O)cc1.Cc1ccc(C(c2ccc(C)cc2)c2cc(C)cc(C)c2N=Cc2cc(C)cc(C)c2O)cc1.[Cl][Zr][Cl]. The average Bonchev–Trinajstić information content (AvgIpc) is 3.32. The third kappa shape index (κ3) is 14.2. The molecule has 0 heterocycles. The molecule has 8 aromatic rings. The third-order valence-corrected chi connectivity index (χ3v) is 12.8. The fraction of sp³-hybridized carbons (Fsp3) is 0.219. The number of aromatic hydroxyl groups is 2. The van der Waals surface area contributed by atoms with Crippen molar-refractivity contribution in [2.24, 2.45) is 9.98 Å². The van der Waals surface area contributed by atoms with Crippen LogP contribution in [0.2, 0.25) is 0 Å². The molecule has 0 radical (unpaired) electrons. The van der Waals surface area contributed by atoms with Gasteiger partial charge in [0.1, 0.15) is 11.5 Å². The third-order valence-electron chi connectivity index (χ3n) is 12.8. The second-order valence-corrected chi connectivity index (χ2v) is 22.9. The van der Waals surface area contributed by atoms with Crippen molar-refractivity contribution in [2.75, 3.05) is 0 Å². The van der Waals surface area contributed by atoms with Crippen LogP contribution in [0.15, 0.2) is 156 Å². The van der Waals surface area contributed by atoms with Crippen molar-refractivity contribution in [2.45, 2.75) is 94.9 Å². The van der Waals surface area contributed by atoms with Gasteiger partial charge >= 0.3 is 37.9 Å². The minimum absolute atomic E-state index is 0.0554. The molecule has 0 aliphatic rings. The molecule has 0 unspecified atom stereocenters. The Morgan fingerprint density at radius 1 is 0.352 bits per heavy atom. The monoisotopic (exact) mass is 1050 g/mol. The van der Waals surface area contributed by atoms with Gasteiger partial charge in [0.05, 0.1) is 11.4 Å². The first-order chi connectivity index (χ1) is 33.9. The second-order valence-electron chi connectivity index (χ2n) is 19.2. The van der Waals surface area contributed by atoms with E-state index >= 15 is 0 Å². The van der Waals surface area contributed by atoms with Crippen molar-refractivity contribution in [1.29, 1.82) is 0 Å². The van der Waals surface area contributed by atoms with Crippen molar-refractivity contribution in [3.05, 3.63) is 257 Å². The van der Waals surface area contributed by atoms with Gasteiger partial charge in [0.2, 0.25) is 0 Å². The number of phenols is 2. The summed E-state index contributed by atoms with van der Waals surface area (Å²) < 4.78 is 0. The Morgan fingerprint density at radius 3 is 0.859 bits per heavy atom. The zero-order valence-electron chi connectivity index (χ0n) is 43.2. The summed E-state index contributed by atoms with van der Waals surface area (Å²) in [5, 5.41) is 21.2. The van der Waals surface area contributed by atoms with Crippen LogP contribution in [0.5, 0.6) is 11.5 Å². The second kappa shape index (κ2) is 25.0. The topological polar surface area (TPSA) is 65.2 Å². The molecule has 8 rings (SSSR count). The van der Waals surface area contributed by atoms with E-state index in [2.05, 4.69) is 177 Å². The minimum atomic E-state index is -0.826. The summed E-state index contributed by atoms with van der Waals surface area (Å²) in [6, 6.07) is 52.0. The molecular formula is C64H66Cl2N2O2Zr. The van der Waals surface area contributed by atoms with Gasteiger partial charge in [0, 0.05) is 35.4 Å². The molecule has 0 aliphatic carbocycles. The zero-order valence-corrected chi connectivity index (χ0v) is 47.2. The number of aryl methyl sites for hydroxylation is 12. The van der Waals surface area contributed by atoms with E-state index in [9.17, 15) is 10.2 Å². The zero-order chi connectivity index (χ0) is 51.5. The average molecular weight is 1060 g/mol. The number of halogens is 2. The normalized spacial score (nSPS) is 11.2. The van der Waals surface area contributed by atoms with Crippen molar-refractivity contribution < 1.29 is 31.1 Å². The molecule has 0 aromatic heterocycles. The molecule has 0 spiro atoms. The van der Waals surface area contributed by atoms with Gasteiger partial charge in [0.15, 0.2) is 0 Å². The molecular weight excluding hydrogens is 991 g/mol. The number of phenolic OH excluding ortho intramolecular Hbond substituents is 2. The summed E-state index contributed by atoms with van der Waals surface area (Å²) in [6.45, 7) is 24.9. The summed E-state index contributed by atoms with van der Waals surface area (Å²) >= 11 is -0.826. The molecule has 0 atom stereocenters. The van der Waals surface area contributed by atoms with E-state index in [-0.39, 0.29) is 23.3 Å². The Balaban J connectivity index is 0.000000220. The quantitative estimate of drug-likeness (QED) is 0.106. The van der Waals surface area contributed by atoms with Crippen molar-refractivity contribution in [1.82, 2.24) is 0 Å². The van der Waals surface area contributed by atoms with E-state index in [1.54, 1.807) is 12.4 Å². The van der Waals surface area contributed by atoms with Crippen molar-refractivity contribution >= 4 is 40.8 Å².